The standard InChI is InChI=1S/C14H19ClO2/c1-8-6-13(16-4)11(7-12(8)15)5-9(2)14-10(3)17-14/h6-7,9-10,14H,5H2,1-4H3. The van der Waals surface area contributed by atoms with E-state index in [0.717, 1.165) is 22.8 Å². The third-order valence-electron chi connectivity index (χ3n) is 3.42. The molecule has 1 heterocycles. The quantitative estimate of drug-likeness (QED) is 0.766. The summed E-state index contributed by atoms with van der Waals surface area (Å²) >= 11 is 6.16. The zero-order valence-corrected chi connectivity index (χ0v) is 11.5. The van der Waals surface area contributed by atoms with Crippen molar-refractivity contribution in [3.63, 3.8) is 0 Å². The maximum Gasteiger partial charge on any atom is 0.122 e. The van der Waals surface area contributed by atoms with Crippen LogP contribution in [0.2, 0.25) is 5.02 Å². The van der Waals surface area contributed by atoms with E-state index in [1.165, 1.54) is 5.56 Å². The highest BCUT2D eigenvalue weighted by atomic mass is 35.5. The number of aryl methyl sites for hydroxylation is 1. The maximum absolute atomic E-state index is 6.16. The Morgan fingerprint density at radius 1 is 1.47 bits per heavy atom. The molecule has 0 radical (unpaired) electrons. The van der Waals surface area contributed by atoms with E-state index in [1.807, 2.05) is 19.1 Å². The Morgan fingerprint density at radius 2 is 2.12 bits per heavy atom. The number of rotatable bonds is 4. The molecule has 3 heteroatoms. The van der Waals surface area contributed by atoms with Gasteiger partial charge >= 0.3 is 0 Å². The van der Waals surface area contributed by atoms with Crippen LogP contribution in [0.4, 0.5) is 0 Å². The fourth-order valence-corrected chi connectivity index (χ4v) is 2.49. The van der Waals surface area contributed by atoms with Gasteiger partial charge in [-0.2, -0.15) is 0 Å². The van der Waals surface area contributed by atoms with Crippen molar-refractivity contribution >= 4 is 11.6 Å². The van der Waals surface area contributed by atoms with Gasteiger partial charge in [-0.25, -0.2) is 0 Å². The van der Waals surface area contributed by atoms with E-state index in [2.05, 4.69) is 13.8 Å². The topological polar surface area (TPSA) is 21.8 Å². The molecule has 3 atom stereocenters. The van der Waals surface area contributed by atoms with Crippen LogP contribution in [-0.4, -0.2) is 19.3 Å². The number of benzene rings is 1. The third kappa shape index (κ3) is 2.75. The van der Waals surface area contributed by atoms with Crippen molar-refractivity contribution in [1.29, 1.82) is 0 Å². The lowest BCUT2D eigenvalue weighted by molar-refractivity contribution is 0.325. The Kier molecular flexibility index (Phi) is 3.64. The lowest BCUT2D eigenvalue weighted by atomic mass is 9.95. The largest absolute Gasteiger partial charge is 0.496 e. The fourth-order valence-electron chi connectivity index (χ4n) is 2.31. The zero-order chi connectivity index (χ0) is 12.6. The van der Waals surface area contributed by atoms with E-state index < -0.39 is 0 Å². The molecule has 0 spiro atoms. The summed E-state index contributed by atoms with van der Waals surface area (Å²) in [7, 11) is 1.70. The second-order valence-electron chi connectivity index (χ2n) is 4.90. The normalized spacial score (nSPS) is 24.5. The van der Waals surface area contributed by atoms with Crippen LogP contribution in [0.5, 0.6) is 5.75 Å². The van der Waals surface area contributed by atoms with Crippen molar-refractivity contribution in [3.8, 4) is 5.75 Å². The molecule has 0 bridgehead atoms. The van der Waals surface area contributed by atoms with Crippen LogP contribution in [0.1, 0.15) is 25.0 Å². The summed E-state index contributed by atoms with van der Waals surface area (Å²) < 4.78 is 10.9. The van der Waals surface area contributed by atoms with Crippen molar-refractivity contribution in [1.82, 2.24) is 0 Å². The Bertz CT molecular complexity index is 417. The molecule has 1 fully saturated rings. The van der Waals surface area contributed by atoms with Crippen molar-refractivity contribution in [2.24, 2.45) is 5.92 Å². The molecular formula is C14H19ClO2. The van der Waals surface area contributed by atoms with Crippen LogP contribution in [0, 0.1) is 12.8 Å². The summed E-state index contributed by atoms with van der Waals surface area (Å²) in [5.74, 6) is 1.42. The Morgan fingerprint density at radius 3 is 2.65 bits per heavy atom. The van der Waals surface area contributed by atoms with Gasteiger partial charge in [-0.3, -0.25) is 0 Å². The fraction of sp³-hybridized carbons (Fsp3) is 0.571. The molecule has 1 aromatic rings. The molecule has 1 aliphatic heterocycles. The van der Waals surface area contributed by atoms with Gasteiger partial charge in [-0.05, 0) is 49.4 Å². The van der Waals surface area contributed by atoms with Crippen LogP contribution >= 0.6 is 11.6 Å². The minimum Gasteiger partial charge on any atom is -0.496 e. The van der Waals surface area contributed by atoms with Gasteiger partial charge in [-0.1, -0.05) is 18.5 Å². The molecule has 0 aliphatic carbocycles. The van der Waals surface area contributed by atoms with Crippen LogP contribution in [0.3, 0.4) is 0 Å². The predicted octanol–water partition coefficient (Wildman–Crippen LogP) is 3.62. The average Bonchev–Trinajstić information content (AvgIpc) is 3.00. The van der Waals surface area contributed by atoms with Gasteiger partial charge in [0, 0.05) is 5.02 Å². The van der Waals surface area contributed by atoms with Crippen molar-refractivity contribution in [3.05, 3.63) is 28.3 Å². The second-order valence-corrected chi connectivity index (χ2v) is 5.31. The van der Waals surface area contributed by atoms with Gasteiger partial charge in [0.05, 0.1) is 19.3 Å². The number of epoxide rings is 1. The zero-order valence-electron chi connectivity index (χ0n) is 10.8. The first-order valence-corrected chi connectivity index (χ1v) is 6.39. The molecule has 2 nitrogen and oxygen atoms in total. The maximum atomic E-state index is 6.16. The van der Waals surface area contributed by atoms with Crippen molar-refractivity contribution < 1.29 is 9.47 Å². The summed E-state index contributed by atoms with van der Waals surface area (Å²) in [5, 5.41) is 0.803. The second kappa shape index (κ2) is 4.87. The van der Waals surface area contributed by atoms with Gasteiger partial charge in [0.25, 0.3) is 0 Å². The van der Waals surface area contributed by atoms with E-state index in [9.17, 15) is 0 Å². The molecule has 1 aliphatic rings. The van der Waals surface area contributed by atoms with Crippen LogP contribution < -0.4 is 4.74 Å². The monoisotopic (exact) mass is 254 g/mol. The molecule has 0 saturated carbocycles. The lowest BCUT2D eigenvalue weighted by Gasteiger charge is -2.14. The summed E-state index contributed by atoms with van der Waals surface area (Å²) in [6.07, 6.45) is 1.73. The number of halogens is 1. The molecule has 0 N–H and O–H groups in total. The molecule has 2 rings (SSSR count). The van der Waals surface area contributed by atoms with Gasteiger partial charge in [-0.15, -0.1) is 0 Å². The van der Waals surface area contributed by atoms with Gasteiger partial charge < -0.3 is 9.47 Å². The summed E-state index contributed by atoms with van der Waals surface area (Å²) in [5.41, 5.74) is 2.22. The smallest absolute Gasteiger partial charge is 0.122 e. The SMILES string of the molecule is COc1cc(C)c(Cl)cc1CC(C)C1OC1C. The molecular weight excluding hydrogens is 236 g/mol. The molecule has 3 unspecified atom stereocenters. The first-order valence-electron chi connectivity index (χ1n) is 6.01. The summed E-state index contributed by atoms with van der Waals surface area (Å²) in [6.45, 7) is 6.31. The highest BCUT2D eigenvalue weighted by Gasteiger charge is 2.39. The first kappa shape index (κ1) is 12.7. The molecule has 1 saturated heterocycles. The van der Waals surface area contributed by atoms with Crippen molar-refractivity contribution in [2.45, 2.75) is 39.4 Å². The van der Waals surface area contributed by atoms with Crippen LogP contribution in [0.15, 0.2) is 12.1 Å². The van der Waals surface area contributed by atoms with Gasteiger partial charge in [0.2, 0.25) is 0 Å². The van der Waals surface area contributed by atoms with E-state index in [-0.39, 0.29) is 0 Å². The minimum atomic E-state index is 0.389. The lowest BCUT2D eigenvalue weighted by Crippen LogP contribution is -2.10. The molecule has 0 amide bonds. The van der Waals surface area contributed by atoms with Gasteiger partial charge in [0.1, 0.15) is 5.75 Å². The van der Waals surface area contributed by atoms with E-state index in [1.54, 1.807) is 7.11 Å². The average molecular weight is 255 g/mol. The molecule has 17 heavy (non-hydrogen) atoms. The number of hydrogen-bond acceptors (Lipinski definition) is 2. The van der Waals surface area contributed by atoms with E-state index >= 15 is 0 Å². The highest BCUT2D eigenvalue weighted by molar-refractivity contribution is 6.31. The molecule has 0 aromatic heterocycles. The Balaban J connectivity index is 2.16. The number of methoxy groups -OCH3 is 1. The van der Waals surface area contributed by atoms with Gasteiger partial charge in [0.15, 0.2) is 0 Å². The molecule has 1 aromatic carbocycles. The van der Waals surface area contributed by atoms with E-state index in [0.29, 0.717) is 18.1 Å². The number of hydrogen-bond donors (Lipinski definition) is 0. The van der Waals surface area contributed by atoms with Crippen molar-refractivity contribution in [2.75, 3.05) is 7.11 Å². The first-order chi connectivity index (χ1) is 8.02. The minimum absolute atomic E-state index is 0.389. The third-order valence-corrected chi connectivity index (χ3v) is 3.83. The Labute approximate surface area is 108 Å². The summed E-state index contributed by atoms with van der Waals surface area (Å²) in [4.78, 5) is 0. The Hall–Kier alpha value is -0.730. The molecule has 94 valence electrons. The predicted molar refractivity (Wildman–Crippen MR) is 69.9 cm³/mol. The highest BCUT2D eigenvalue weighted by Crippen LogP contribution is 2.34. The van der Waals surface area contributed by atoms with Crippen LogP contribution in [-0.2, 0) is 11.2 Å². The van der Waals surface area contributed by atoms with E-state index in [4.69, 9.17) is 21.1 Å². The summed E-state index contributed by atoms with van der Waals surface area (Å²) in [6, 6.07) is 4.01. The van der Waals surface area contributed by atoms with Crippen LogP contribution in [0.25, 0.3) is 0 Å². The number of ether oxygens (including phenoxy) is 2.